The van der Waals surface area contributed by atoms with E-state index in [1.54, 1.807) is 4.31 Å². The van der Waals surface area contributed by atoms with Gasteiger partial charge in [-0.1, -0.05) is 19.1 Å². The van der Waals surface area contributed by atoms with Crippen LogP contribution in [0.3, 0.4) is 0 Å². The highest BCUT2D eigenvalue weighted by Gasteiger charge is 2.34. The van der Waals surface area contributed by atoms with Crippen LogP contribution in [0.15, 0.2) is 36.7 Å². The predicted octanol–water partition coefficient (Wildman–Crippen LogP) is 4.40. The molecule has 2 fully saturated rings. The van der Waals surface area contributed by atoms with Gasteiger partial charge in [-0.25, -0.2) is 18.4 Å². The molecule has 0 radical (unpaired) electrons. The molecule has 0 spiro atoms. The number of anilines is 1. The van der Waals surface area contributed by atoms with Crippen LogP contribution in [0.1, 0.15) is 68.1 Å². The van der Waals surface area contributed by atoms with Crippen molar-refractivity contribution in [1.29, 1.82) is 0 Å². The molecule has 1 aromatic heterocycles. The van der Waals surface area contributed by atoms with Crippen molar-refractivity contribution < 1.29 is 13.2 Å². The molecule has 0 N–H and O–H groups in total. The number of ether oxygens (including phenoxy) is 1. The normalized spacial score (nSPS) is 23.3. The van der Waals surface area contributed by atoms with Crippen LogP contribution in [-0.2, 0) is 16.4 Å². The minimum atomic E-state index is -3.14. The molecular weight excluding hydrogens is 472 g/mol. The second-order valence-corrected chi connectivity index (χ2v) is 12.8. The zero-order valence-electron chi connectivity index (χ0n) is 21.1. The lowest BCUT2D eigenvalue weighted by molar-refractivity contribution is 0.138. The maximum Gasteiger partial charge on any atom is 0.225 e. The van der Waals surface area contributed by atoms with Crippen molar-refractivity contribution in [2.24, 2.45) is 5.92 Å². The SMILES string of the molecule is CCCS(=O)(=O)N1CC=C(c2ccc3c(c2)CC(C2CCN(c4ncc(C5CC5)cn4)CC2)O3)CC1. The molecule has 6 rings (SSSR count). The summed E-state index contributed by atoms with van der Waals surface area (Å²) in [6, 6.07) is 6.51. The molecular formula is C28H36N4O3S. The lowest BCUT2D eigenvalue weighted by Gasteiger charge is -2.34. The summed E-state index contributed by atoms with van der Waals surface area (Å²) in [7, 11) is -3.14. The third-order valence-electron chi connectivity index (χ3n) is 8.21. The monoisotopic (exact) mass is 508 g/mol. The number of nitrogens with zero attached hydrogens (tertiary/aromatic N) is 4. The maximum absolute atomic E-state index is 12.4. The second-order valence-electron chi connectivity index (χ2n) is 10.8. The first-order valence-electron chi connectivity index (χ1n) is 13.5. The first-order valence-corrected chi connectivity index (χ1v) is 15.1. The molecule has 8 heteroatoms. The number of benzene rings is 1. The summed E-state index contributed by atoms with van der Waals surface area (Å²) in [6.45, 7) is 4.89. The lowest BCUT2D eigenvalue weighted by atomic mass is 9.88. The van der Waals surface area contributed by atoms with Crippen molar-refractivity contribution in [1.82, 2.24) is 14.3 Å². The topological polar surface area (TPSA) is 75.6 Å². The molecule has 36 heavy (non-hydrogen) atoms. The Hall–Kier alpha value is -2.45. The molecule has 3 aliphatic heterocycles. The van der Waals surface area contributed by atoms with Gasteiger partial charge in [-0.3, -0.25) is 0 Å². The van der Waals surface area contributed by atoms with E-state index in [0.717, 1.165) is 50.5 Å². The number of sulfonamides is 1. The van der Waals surface area contributed by atoms with Crippen molar-refractivity contribution >= 4 is 21.5 Å². The number of fused-ring (bicyclic) bond motifs is 1. The highest BCUT2D eigenvalue weighted by Crippen LogP contribution is 2.40. The molecule has 2 aromatic rings. The second kappa shape index (κ2) is 9.78. The first-order chi connectivity index (χ1) is 17.5. The van der Waals surface area contributed by atoms with E-state index in [4.69, 9.17) is 4.74 Å². The standard InChI is InChI=1S/C28H36N4O3S/c1-2-15-36(33,34)32-13-9-21(10-14-32)23-5-6-26-24(16-23)17-27(35-26)22-7-11-31(12-8-22)28-29-18-25(19-30-28)20-3-4-20/h5-6,9,16,18-20,22,27H,2-4,7-8,10-15,17H2,1H3. The van der Waals surface area contributed by atoms with E-state index in [1.165, 1.54) is 35.1 Å². The Bertz CT molecular complexity index is 1230. The van der Waals surface area contributed by atoms with Gasteiger partial charge in [0.1, 0.15) is 11.9 Å². The summed E-state index contributed by atoms with van der Waals surface area (Å²) in [5.74, 6) is 3.33. The highest BCUT2D eigenvalue weighted by atomic mass is 32.2. The Morgan fingerprint density at radius 3 is 2.50 bits per heavy atom. The number of aromatic nitrogens is 2. The van der Waals surface area contributed by atoms with Crippen LogP contribution in [0.2, 0.25) is 0 Å². The van der Waals surface area contributed by atoms with Crippen molar-refractivity contribution in [2.75, 3.05) is 36.8 Å². The Morgan fingerprint density at radius 1 is 1.06 bits per heavy atom. The van der Waals surface area contributed by atoms with Crippen LogP contribution in [0.5, 0.6) is 5.75 Å². The molecule has 4 aliphatic rings. The molecule has 1 atom stereocenters. The fraction of sp³-hybridized carbons (Fsp3) is 0.571. The van der Waals surface area contributed by atoms with Gasteiger partial charge in [0.15, 0.2) is 0 Å². The van der Waals surface area contributed by atoms with Crippen molar-refractivity contribution in [3.8, 4) is 5.75 Å². The number of rotatable bonds is 7. The van der Waals surface area contributed by atoms with Crippen LogP contribution in [0.4, 0.5) is 5.95 Å². The lowest BCUT2D eigenvalue weighted by Crippen LogP contribution is -2.40. The Labute approximate surface area is 214 Å². The van der Waals surface area contributed by atoms with Gasteiger partial charge in [-0.05, 0) is 84.8 Å². The summed E-state index contributed by atoms with van der Waals surface area (Å²) in [5, 5.41) is 0. The average Bonchev–Trinajstić information content (AvgIpc) is 3.67. The summed E-state index contributed by atoms with van der Waals surface area (Å²) < 4.78 is 32.8. The van der Waals surface area contributed by atoms with Gasteiger partial charge < -0.3 is 9.64 Å². The first kappa shape index (κ1) is 23.9. The number of hydrogen-bond donors (Lipinski definition) is 0. The third kappa shape index (κ3) is 4.90. The van der Waals surface area contributed by atoms with E-state index in [2.05, 4.69) is 39.1 Å². The van der Waals surface area contributed by atoms with Crippen molar-refractivity contribution in [3.63, 3.8) is 0 Å². The fourth-order valence-electron chi connectivity index (χ4n) is 5.88. The molecule has 4 heterocycles. The zero-order chi connectivity index (χ0) is 24.7. The quantitative estimate of drug-likeness (QED) is 0.552. The van der Waals surface area contributed by atoms with E-state index in [9.17, 15) is 8.42 Å². The van der Waals surface area contributed by atoms with Gasteiger partial charge in [0.2, 0.25) is 16.0 Å². The summed E-state index contributed by atoms with van der Waals surface area (Å²) >= 11 is 0. The van der Waals surface area contributed by atoms with E-state index in [0.29, 0.717) is 31.3 Å². The van der Waals surface area contributed by atoms with E-state index in [1.807, 2.05) is 19.3 Å². The smallest absolute Gasteiger partial charge is 0.225 e. The third-order valence-corrected chi connectivity index (χ3v) is 10.3. The minimum absolute atomic E-state index is 0.227. The van der Waals surface area contributed by atoms with Crippen molar-refractivity contribution in [2.45, 2.75) is 63.9 Å². The average molecular weight is 509 g/mol. The van der Waals surface area contributed by atoms with Crippen LogP contribution in [-0.4, -0.2) is 60.7 Å². The van der Waals surface area contributed by atoms with Gasteiger partial charge in [-0.15, -0.1) is 0 Å². The van der Waals surface area contributed by atoms with Crippen LogP contribution in [0, 0.1) is 5.92 Å². The summed E-state index contributed by atoms with van der Waals surface area (Å²) in [4.78, 5) is 11.6. The molecule has 1 aliphatic carbocycles. The van der Waals surface area contributed by atoms with E-state index in [-0.39, 0.29) is 11.9 Å². The Balaban J connectivity index is 1.05. The molecule has 1 aromatic carbocycles. The molecule has 7 nitrogen and oxygen atoms in total. The largest absolute Gasteiger partial charge is 0.490 e. The highest BCUT2D eigenvalue weighted by molar-refractivity contribution is 7.89. The van der Waals surface area contributed by atoms with Gasteiger partial charge in [0, 0.05) is 45.0 Å². The number of piperidine rings is 1. The van der Waals surface area contributed by atoms with Crippen LogP contribution < -0.4 is 9.64 Å². The van der Waals surface area contributed by atoms with E-state index >= 15 is 0 Å². The predicted molar refractivity (Wildman–Crippen MR) is 142 cm³/mol. The molecule has 0 amide bonds. The fourth-order valence-corrected chi connectivity index (χ4v) is 7.33. The van der Waals surface area contributed by atoms with Gasteiger partial charge in [0.25, 0.3) is 0 Å². The Kier molecular flexibility index (Phi) is 6.50. The zero-order valence-corrected chi connectivity index (χ0v) is 21.9. The van der Waals surface area contributed by atoms with Gasteiger partial charge >= 0.3 is 0 Å². The number of hydrogen-bond acceptors (Lipinski definition) is 6. The van der Waals surface area contributed by atoms with Gasteiger partial charge in [-0.2, -0.15) is 4.31 Å². The van der Waals surface area contributed by atoms with Crippen LogP contribution in [0.25, 0.3) is 5.57 Å². The van der Waals surface area contributed by atoms with Gasteiger partial charge in [0.05, 0.1) is 5.75 Å². The van der Waals surface area contributed by atoms with Crippen LogP contribution >= 0.6 is 0 Å². The maximum atomic E-state index is 12.4. The molecule has 1 saturated heterocycles. The molecule has 192 valence electrons. The summed E-state index contributed by atoms with van der Waals surface area (Å²) in [6.07, 6.45) is 13.4. The minimum Gasteiger partial charge on any atom is -0.490 e. The Morgan fingerprint density at radius 2 is 1.83 bits per heavy atom. The molecule has 1 unspecified atom stereocenters. The van der Waals surface area contributed by atoms with E-state index < -0.39 is 10.0 Å². The molecule has 0 bridgehead atoms. The van der Waals surface area contributed by atoms with Crippen molar-refractivity contribution in [3.05, 3.63) is 53.4 Å². The summed E-state index contributed by atoms with van der Waals surface area (Å²) in [5.41, 5.74) is 5.01. The molecule has 1 saturated carbocycles.